The minimum absolute atomic E-state index is 0.203. The van der Waals surface area contributed by atoms with Crippen LogP contribution >= 0.6 is 0 Å². The third-order valence-electron chi connectivity index (χ3n) is 3.04. The number of methoxy groups -OCH3 is 1. The smallest absolute Gasteiger partial charge is 0.170 e. The van der Waals surface area contributed by atoms with Crippen LogP contribution in [0.1, 0.15) is 18.7 Å². The average molecular weight is 263 g/mol. The van der Waals surface area contributed by atoms with Crippen LogP contribution in [0.5, 0.6) is 5.75 Å². The topological polar surface area (TPSA) is 64.9 Å². The monoisotopic (exact) mass is 263 g/mol. The Balaban J connectivity index is 1.84. The molecule has 0 unspecified atom stereocenters. The van der Waals surface area contributed by atoms with Crippen LogP contribution in [-0.4, -0.2) is 33.4 Å². The van der Waals surface area contributed by atoms with Crippen molar-refractivity contribution in [1.82, 2.24) is 25.5 Å². The van der Waals surface area contributed by atoms with E-state index in [-0.39, 0.29) is 5.75 Å². The fraction of sp³-hybridized carbons (Fsp3) is 0.417. The van der Waals surface area contributed by atoms with Crippen molar-refractivity contribution in [3.8, 4) is 11.4 Å². The molecule has 1 aromatic heterocycles. The maximum absolute atomic E-state index is 13.7. The van der Waals surface area contributed by atoms with Crippen LogP contribution < -0.4 is 10.1 Å². The highest BCUT2D eigenvalue weighted by molar-refractivity contribution is 5.38. The van der Waals surface area contributed by atoms with Crippen molar-refractivity contribution in [3.05, 3.63) is 29.8 Å². The van der Waals surface area contributed by atoms with Crippen LogP contribution in [0.3, 0.4) is 0 Å². The van der Waals surface area contributed by atoms with Gasteiger partial charge in [0.1, 0.15) is 0 Å². The summed E-state index contributed by atoms with van der Waals surface area (Å²) in [6, 6.07) is 5.21. The molecule has 1 saturated carbocycles. The minimum atomic E-state index is -0.434. The highest BCUT2D eigenvalue weighted by Gasteiger charge is 2.21. The first-order chi connectivity index (χ1) is 9.28. The average Bonchev–Trinajstić information content (AvgIpc) is 3.13. The first kappa shape index (κ1) is 12.0. The summed E-state index contributed by atoms with van der Waals surface area (Å²) in [5.74, 6) is 0.433. The van der Waals surface area contributed by atoms with E-state index in [0.29, 0.717) is 24.1 Å². The fourth-order valence-corrected chi connectivity index (χ4v) is 1.83. The zero-order chi connectivity index (χ0) is 13.2. The van der Waals surface area contributed by atoms with Gasteiger partial charge in [0.15, 0.2) is 17.4 Å². The maximum Gasteiger partial charge on any atom is 0.170 e. The molecule has 0 atom stereocenters. The zero-order valence-corrected chi connectivity index (χ0v) is 10.5. The van der Waals surface area contributed by atoms with Gasteiger partial charge in [0.05, 0.1) is 19.3 Å². The molecule has 0 radical (unpaired) electrons. The van der Waals surface area contributed by atoms with E-state index in [4.69, 9.17) is 4.74 Å². The predicted molar refractivity (Wildman–Crippen MR) is 65.5 cm³/mol. The van der Waals surface area contributed by atoms with Gasteiger partial charge < -0.3 is 10.1 Å². The molecule has 1 aliphatic rings. The van der Waals surface area contributed by atoms with Crippen LogP contribution in [0.4, 0.5) is 4.39 Å². The van der Waals surface area contributed by atoms with Crippen molar-refractivity contribution in [2.45, 2.75) is 25.4 Å². The second kappa shape index (κ2) is 4.93. The van der Waals surface area contributed by atoms with Gasteiger partial charge in [0, 0.05) is 12.1 Å². The van der Waals surface area contributed by atoms with Gasteiger partial charge >= 0.3 is 0 Å². The van der Waals surface area contributed by atoms with Crippen LogP contribution in [0.25, 0.3) is 5.69 Å². The minimum Gasteiger partial charge on any atom is -0.494 e. The SMILES string of the molecule is COc1ccc(-n2nnnc2CNC2CC2)cc1F. The summed E-state index contributed by atoms with van der Waals surface area (Å²) in [5, 5.41) is 14.8. The molecule has 2 aromatic rings. The molecule has 100 valence electrons. The van der Waals surface area contributed by atoms with E-state index in [9.17, 15) is 4.39 Å². The summed E-state index contributed by atoms with van der Waals surface area (Å²) in [7, 11) is 1.43. The second-order valence-electron chi connectivity index (χ2n) is 4.48. The molecule has 0 bridgehead atoms. The largest absolute Gasteiger partial charge is 0.494 e. The number of rotatable bonds is 5. The molecule has 0 spiro atoms. The number of nitrogens with one attached hydrogen (secondary N) is 1. The van der Waals surface area contributed by atoms with Gasteiger partial charge in [0.25, 0.3) is 0 Å². The first-order valence-electron chi connectivity index (χ1n) is 6.12. The lowest BCUT2D eigenvalue weighted by Gasteiger charge is -2.07. The quantitative estimate of drug-likeness (QED) is 0.874. The number of halogens is 1. The van der Waals surface area contributed by atoms with Gasteiger partial charge in [0.2, 0.25) is 0 Å². The molecule has 1 heterocycles. The lowest BCUT2D eigenvalue weighted by atomic mass is 10.3. The van der Waals surface area contributed by atoms with Crippen LogP contribution in [0.2, 0.25) is 0 Å². The van der Waals surface area contributed by atoms with Gasteiger partial charge in [-0.3, -0.25) is 0 Å². The summed E-state index contributed by atoms with van der Waals surface area (Å²) >= 11 is 0. The third-order valence-corrected chi connectivity index (χ3v) is 3.04. The molecule has 1 aliphatic carbocycles. The number of hydrogen-bond acceptors (Lipinski definition) is 5. The summed E-state index contributed by atoms with van der Waals surface area (Å²) in [6.45, 7) is 0.575. The molecular weight excluding hydrogens is 249 g/mol. The van der Waals surface area contributed by atoms with Gasteiger partial charge in [-0.2, -0.15) is 4.68 Å². The van der Waals surface area contributed by atoms with Crippen LogP contribution in [0.15, 0.2) is 18.2 Å². The van der Waals surface area contributed by atoms with E-state index in [1.54, 1.807) is 12.1 Å². The van der Waals surface area contributed by atoms with E-state index >= 15 is 0 Å². The Bertz CT molecular complexity index is 581. The number of ether oxygens (including phenoxy) is 1. The van der Waals surface area contributed by atoms with Crippen LogP contribution in [-0.2, 0) is 6.54 Å². The number of benzene rings is 1. The number of tetrazole rings is 1. The lowest BCUT2D eigenvalue weighted by Crippen LogP contribution is -2.18. The van der Waals surface area contributed by atoms with Crippen molar-refractivity contribution in [2.24, 2.45) is 0 Å². The Morgan fingerprint density at radius 3 is 3.00 bits per heavy atom. The van der Waals surface area contributed by atoms with Crippen molar-refractivity contribution < 1.29 is 9.13 Å². The molecule has 7 heteroatoms. The molecular formula is C12H14FN5O. The molecule has 1 N–H and O–H groups in total. The molecule has 0 saturated heterocycles. The van der Waals surface area contributed by atoms with Crippen molar-refractivity contribution in [1.29, 1.82) is 0 Å². The normalized spacial score (nSPS) is 14.6. The Hall–Kier alpha value is -2.02. The van der Waals surface area contributed by atoms with E-state index in [0.717, 1.165) is 0 Å². The Labute approximate surface area is 109 Å². The first-order valence-corrected chi connectivity index (χ1v) is 6.12. The molecule has 1 aromatic carbocycles. The van der Waals surface area contributed by atoms with Crippen LogP contribution in [0, 0.1) is 5.82 Å². The number of hydrogen-bond donors (Lipinski definition) is 1. The van der Waals surface area contributed by atoms with Crippen molar-refractivity contribution in [3.63, 3.8) is 0 Å². The number of nitrogens with zero attached hydrogens (tertiary/aromatic N) is 4. The number of aromatic nitrogens is 4. The Morgan fingerprint density at radius 1 is 1.47 bits per heavy atom. The molecule has 6 nitrogen and oxygen atoms in total. The van der Waals surface area contributed by atoms with Crippen molar-refractivity contribution in [2.75, 3.05) is 7.11 Å². The van der Waals surface area contributed by atoms with Gasteiger partial charge in [-0.15, -0.1) is 5.10 Å². The third kappa shape index (κ3) is 2.55. The standard InChI is InChI=1S/C12H14FN5O/c1-19-11-5-4-9(6-10(11)13)18-12(15-16-17-18)7-14-8-2-3-8/h4-6,8,14H,2-3,7H2,1H3. The second-order valence-corrected chi connectivity index (χ2v) is 4.48. The maximum atomic E-state index is 13.7. The Kier molecular flexibility index (Phi) is 3.12. The summed E-state index contributed by atoms with van der Waals surface area (Å²) in [5.41, 5.74) is 0.580. The lowest BCUT2D eigenvalue weighted by molar-refractivity contribution is 0.386. The molecule has 19 heavy (non-hydrogen) atoms. The predicted octanol–water partition coefficient (Wildman–Crippen LogP) is 1.06. The molecule has 1 fully saturated rings. The van der Waals surface area contributed by atoms with Gasteiger partial charge in [-0.05, 0) is 35.4 Å². The van der Waals surface area contributed by atoms with E-state index in [1.807, 2.05) is 0 Å². The molecule has 0 aliphatic heterocycles. The summed E-state index contributed by atoms with van der Waals surface area (Å²) in [4.78, 5) is 0. The van der Waals surface area contributed by atoms with E-state index in [2.05, 4.69) is 20.8 Å². The molecule has 3 rings (SSSR count). The highest BCUT2D eigenvalue weighted by Crippen LogP contribution is 2.21. The van der Waals surface area contributed by atoms with E-state index in [1.165, 1.54) is 30.7 Å². The zero-order valence-electron chi connectivity index (χ0n) is 10.5. The van der Waals surface area contributed by atoms with Gasteiger partial charge in [-0.25, -0.2) is 4.39 Å². The Morgan fingerprint density at radius 2 is 2.32 bits per heavy atom. The highest BCUT2D eigenvalue weighted by atomic mass is 19.1. The van der Waals surface area contributed by atoms with Crippen molar-refractivity contribution >= 4 is 0 Å². The van der Waals surface area contributed by atoms with E-state index < -0.39 is 5.82 Å². The fourth-order valence-electron chi connectivity index (χ4n) is 1.83. The molecule has 0 amide bonds. The summed E-state index contributed by atoms with van der Waals surface area (Å²) in [6.07, 6.45) is 2.39. The summed E-state index contributed by atoms with van der Waals surface area (Å²) < 4.78 is 20.1. The van der Waals surface area contributed by atoms with Gasteiger partial charge in [-0.1, -0.05) is 0 Å².